The molecule has 1 heterocycles. The van der Waals surface area contributed by atoms with Gasteiger partial charge in [0, 0.05) is 0 Å². The highest BCUT2D eigenvalue weighted by Crippen LogP contribution is 2.38. The molecule has 25 heavy (non-hydrogen) atoms. The van der Waals surface area contributed by atoms with Gasteiger partial charge >= 0.3 is 12.2 Å². The summed E-state index contributed by atoms with van der Waals surface area (Å²) in [6.45, 7) is 18.0. The molecule has 0 bridgehead atoms. The predicted molar refractivity (Wildman–Crippen MR) is 100 cm³/mol. The number of carbonyl (C=O) groups is 2. The summed E-state index contributed by atoms with van der Waals surface area (Å²) in [5, 5.41) is 0.00699. The molecule has 0 unspecified atom stereocenters. The molecule has 1 aliphatic rings. The fourth-order valence-corrected chi connectivity index (χ4v) is 3.42. The standard InChI is InChI=1S/C18H33NO5Si/c1-10-11-14(24-25(8,9)18(5,6)7)13-12-22-15(20)19(13)16(21)23-17(2,3)4/h10-11,13-14H,12H2,1-9H3/b11-10+/t13-,14+/m0/s1. The van der Waals surface area contributed by atoms with Crippen molar-refractivity contribution in [3.8, 4) is 0 Å². The lowest BCUT2D eigenvalue weighted by Crippen LogP contribution is -2.52. The molecule has 0 radical (unpaired) electrons. The Labute approximate surface area is 152 Å². The summed E-state index contributed by atoms with van der Waals surface area (Å²) < 4.78 is 17.0. The molecule has 7 heteroatoms. The summed E-state index contributed by atoms with van der Waals surface area (Å²) >= 11 is 0. The van der Waals surface area contributed by atoms with Crippen molar-refractivity contribution in [1.82, 2.24) is 4.90 Å². The third kappa shape index (κ3) is 5.57. The van der Waals surface area contributed by atoms with Crippen molar-refractivity contribution in [2.75, 3.05) is 6.61 Å². The zero-order chi connectivity index (χ0) is 19.6. The van der Waals surface area contributed by atoms with E-state index in [1.807, 2.05) is 19.1 Å². The minimum Gasteiger partial charge on any atom is -0.447 e. The first-order chi connectivity index (χ1) is 11.2. The number of ether oxygens (including phenoxy) is 2. The first-order valence-corrected chi connectivity index (χ1v) is 11.6. The van der Waals surface area contributed by atoms with Crippen LogP contribution in [0.1, 0.15) is 48.5 Å². The highest BCUT2D eigenvalue weighted by atomic mass is 28.4. The highest BCUT2D eigenvalue weighted by Gasteiger charge is 2.47. The lowest BCUT2D eigenvalue weighted by molar-refractivity contribution is 0.0216. The van der Waals surface area contributed by atoms with Gasteiger partial charge in [0.15, 0.2) is 8.32 Å². The molecular formula is C18H33NO5Si. The molecule has 0 aromatic rings. The summed E-state index contributed by atoms with van der Waals surface area (Å²) in [5.41, 5.74) is -0.694. The Morgan fingerprint density at radius 2 is 1.84 bits per heavy atom. The smallest absolute Gasteiger partial charge is 0.420 e. The third-order valence-electron chi connectivity index (χ3n) is 4.49. The van der Waals surface area contributed by atoms with Gasteiger partial charge in [-0.05, 0) is 45.8 Å². The van der Waals surface area contributed by atoms with Crippen LogP contribution in [0.5, 0.6) is 0 Å². The number of hydrogen-bond acceptors (Lipinski definition) is 5. The van der Waals surface area contributed by atoms with Crippen LogP contribution in [0.15, 0.2) is 12.2 Å². The summed E-state index contributed by atoms with van der Waals surface area (Å²) in [7, 11) is -2.10. The first-order valence-electron chi connectivity index (χ1n) is 8.69. The van der Waals surface area contributed by atoms with E-state index in [2.05, 4.69) is 33.9 Å². The predicted octanol–water partition coefficient (Wildman–Crippen LogP) is 4.71. The van der Waals surface area contributed by atoms with Gasteiger partial charge in [-0.15, -0.1) is 0 Å². The minimum absolute atomic E-state index is 0.00699. The van der Waals surface area contributed by atoms with Crippen LogP contribution in [0.25, 0.3) is 0 Å². The zero-order valence-electron chi connectivity index (χ0n) is 17.0. The van der Waals surface area contributed by atoms with Gasteiger partial charge in [0.25, 0.3) is 0 Å². The lowest BCUT2D eigenvalue weighted by Gasteiger charge is -2.40. The van der Waals surface area contributed by atoms with E-state index in [0.29, 0.717) is 0 Å². The average molecular weight is 372 g/mol. The number of hydrogen-bond donors (Lipinski definition) is 0. The van der Waals surface area contributed by atoms with Gasteiger partial charge in [0.1, 0.15) is 18.2 Å². The summed E-state index contributed by atoms with van der Waals surface area (Å²) in [5.74, 6) is 0. The van der Waals surface area contributed by atoms with Crippen LogP contribution in [0.2, 0.25) is 18.1 Å². The van der Waals surface area contributed by atoms with Crippen LogP contribution < -0.4 is 0 Å². The Hall–Kier alpha value is -1.34. The van der Waals surface area contributed by atoms with E-state index < -0.39 is 38.3 Å². The fraction of sp³-hybridized carbons (Fsp3) is 0.778. The molecular weight excluding hydrogens is 338 g/mol. The number of nitrogens with zero attached hydrogens (tertiary/aromatic N) is 1. The Kier molecular flexibility index (Phi) is 6.50. The number of allylic oxidation sites excluding steroid dienone is 1. The maximum absolute atomic E-state index is 12.5. The molecule has 2 atom stereocenters. The minimum atomic E-state index is -2.10. The van der Waals surface area contributed by atoms with Gasteiger partial charge in [-0.25, -0.2) is 14.5 Å². The zero-order valence-corrected chi connectivity index (χ0v) is 18.0. The number of carbonyl (C=O) groups excluding carboxylic acids is 2. The molecule has 1 fully saturated rings. The molecule has 1 saturated heterocycles. The Morgan fingerprint density at radius 1 is 1.28 bits per heavy atom. The monoisotopic (exact) mass is 371 g/mol. The van der Waals surface area contributed by atoms with Crippen LogP contribution in [0.3, 0.4) is 0 Å². The molecule has 6 nitrogen and oxygen atoms in total. The third-order valence-corrected chi connectivity index (χ3v) is 8.97. The van der Waals surface area contributed by atoms with Crippen molar-refractivity contribution in [2.24, 2.45) is 0 Å². The van der Waals surface area contributed by atoms with E-state index in [-0.39, 0.29) is 11.6 Å². The van der Waals surface area contributed by atoms with E-state index in [9.17, 15) is 9.59 Å². The topological polar surface area (TPSA) is 65.1 Å². The maximum atomic E-state index is 12.5. The molecule has 0 aromatic heterocycles. The van der Waals surface area contributed by atoms with Crippen molar-refractivity contribution in [3.63, 3.8) is 0 Å². The Balaban J connectivity index is 3.09. The van der Waals surface area contributed by atoms with Crippen molar-refractivity contribution in [2.45, 2.75) is 84.3 Å². The number of imide groups is 1. The van der Waals surface area contributed by atoms with Crippen LogP contribution in [-0.4, -0.2) is 49.8 Å². The Morgan fingerprint density at radius 3 is 2.28 bits per heavy atom. The van der Waals surface area contributed by atoms with Gasteiger partial charge in [-0.3, -0.25) is 0 Å². The van der Waals surface area contributed by atoms with Crippen LogP contribution in [0, 0.1) is 0 Å². The normalized spacial score (nSPS) is 20.8. The van der Waals surface area contributed by atoms with E-state index >= 15 is 0 Å². The van der Waals surface area contributed by atoms with E-state index in [1.165, 1.54) is 0 Å². The average Bonchev–Trinajstić information content (AvgIpc) is 2.76. The maximum Gasteiger partial charge on any atom is 0.420 e. The Bertz CT molecular complexity index is 531. The fourth-order valence-electron chi connectivity index (χ4n) is 2.15. The number of cyclic esters (lactones) is 1. The highest BCUT2D eigenvalue weighted by molar-refractivity contribution is 6.74. The van der Waals surface area contributed by atoms with Crippen LogP contribution >= 0.6 is 0 Å². The molecule has 144 valence electrons. The first kappa shape index (κ1) is 21.7. The quantitative estimate of drug-likeness (QED) is 0.529. The molecule has 1 rings (SSSR count). The largest absolute Gasteiger partial charge is 0.447 e. The second-order valence-corrected chi connectivity index (χ2v) is 13.6. The summed E-state index contributed by atoms with van der Waals surface area (Å²) in [4.78, 5) is 25.7. The molecule has 0 aliphatic carbocycles. The summed E-state index contributed by atoms with van der Waals surface area (Å²) in [6, 6.07) is -0.535. The lowest BCUT2D eigenvalue weighted by atomic mass is 10.1. The van der Waals surface area contributed by atoms with E-state index in [4.69, 9.17) is 13.9 Å². The van der Waals surface area contributed by atoms with Crippen LogP contribution in [-0.2, 0) is 13.9 Å². The van der Waals surface area contributed by atoms with E-state index in [1.54, 1.807) is 20.8 Å². The van der Waals surface area contributed by atoms with Crippen molar-refractivity contribution in [3.05, 3.63) is 12.2 Å². The SMILES string of the molecule is C/C=C/[C@@H](O[Si](C)(C)C(C)(C)C)[C@@H]1COC(=O)N1C(=O)OC(C)(C)C. The number of rotatable bonds is 4. The molecule has 0 spiro atoms. The molecule has 0 saturated carbocycles. The van der Waals surface area contributed by atoms with Gasteiger partial charge < -0.3 is 13.9 Å². The second kappa shape index (κ2) is 7.49. The van der Waals surface area contributed by atoms with Crippen molar-refractivity contribution < 1.29 is 23.5 Å². The van der Waals surface area contributed by atoms with Crippen molar-refractivity contribution in [1.29, 1.82) is 0 Å². The van der Waals surface area contributed by atoms with Gasteiger partial charge in [0.2, 0.25) is 0 Å². The van der Waals surface area contributed by atoms with Gasteiger partial charge in [-0.1, -0.05) is 32.9 Å². The van der Waals surface area contributed by atoms with E-state index in [0.717, 1.165) is 4.90 Å². The summed E-state index contributed by atoms with van der Waals surface area (Å²) in [6.07, 6.45) is 1.93. The molecule has 0 N–H and O–H groups in total. The van der Waals surface area contributed by atoms with Crippen LogP contribution in [0.4, 0.5) is 9.59 Å². The second-order valence-electron chi connectivity index (χ2n) is 8.86. The van der Waals surface area contributed by atoms with Gasteiger partial charge in [-0.2, -0.15) is 0 Å². The molecule has 1 aliphatic heterocycles. The van der Waals surface area contributed by atoms with Crippen molar-refractivity contribution >= 4 is 20.5 Å². The molecule has 0 aromatic carbocycles. The molecule has 2 amide bonds. The number of amides is 2. The van der Waals surface area contributed by atoms with Gasteiger partial charge in [0.05, 0.1) is 6.10 Å².